The van der Waals surface area contributed by atoms with E-state index in [4.69, 9.17) is 4.74 Å². The van der Waals surface area contributed by atoms with Gasteiger partial charge >= 0.3 is 0 Å². The van der Waals surface area contributed by atoms with Gasteiger partial charge in [-0.15, -0.1) is 0 Å². The number of imidazole rings is 1. The van der Waals surface area contributed by atoms with Crippen LogP contribution in [0.1, 0.15) is 19.3 Å². The molecule has 144 valence electrons. The van der Waals surface area contributed by atoms with E-state index >= 15 is 0 Å². The standard InChI is InChI=1S/C21H28N4O2/c26-20(17-25-13-9-22-21(25)18-7-2-1-3-8-18)24-12-6-14-27-19(16-24)15-23-10-4-5-11-23/h1-3,7-9,13,19H,4-6,10-12,14-17H2. The van der Waals surface area contributed by atoms with Gasteiger partial charge in [0.1, 0.15) is 12.4 Å². The molecule has 0 bridgehead atoms. The van der Waals surface area contributed by atoms with E-state index < -0.39 is 0 Å². The number of rotatable bonds is 5. The average Bonchev–Trinajstić information content (AvgIpc) is 3.31. The molecule has 0 N–H and O–H groups in total. The van der Waals surface area contributed by atoms with Gasteiger partial charge in [-0.3, -0.25) is 4.79 Å². The van der Waals surface area contributed by atoms with E-state index in [1.54, 1.807) is 6.20 Å². The van der Waals surface area contributed by atoms with Crippen molar-refractivity contribution < 1.29 is 9.53 Å². The Morgan fingerprint density at radius 1 is 1.11 bits per heavy atom. The van der Waals surface area contributed by atoms with Crippen LogP contribution in [0.3, 0.4) is 0 Å². The van der Waals surface area contributed by atoms with Crippen molar-refractivity contribution in [1.29, 1.82) is 0 Å². The van der Waals surface area contributed by atoms with Crippen LogP contribution >= 0.6 is 0 Å². The predicted molar refractivity (Wildman–Crippen MR) is 104 cm³/mol. The summed E-state index contributed by atoms with van der Waals surface area (Å²) in [4.78, 5) is 21.9. The van der Waals surface area contributed by atoms with Crippen molar-refractivity contribution >= 4 is 5.91 Å². The molecule has 0 spiro atoms. The van der Waals surface area contributed by atoms with Gasteiger partial charge in [0.25, 0.3) is 0 Å². The fourth-order valence-electron chi connectivity index (χ4n) is 4.02. The van der Waals surface area contributed by atoms with Crippen molar-refractivity contribution in [2.45, 2.75) is 31.9 Å². The molecule has 1 amide bonds. The number of hydrogen-bond donors (Lipinski definition) is 0. The van der Waals surface area contributed by atoms with Crippen LogP contribution in [0.2, 0.25) is 0 Å². The second kappa shape index (κ2) is 8.67. The highest BCUT2D eigenvalue weighted by molar-refractivity contribution is 5.76. The monoisotopic (exact) mass is 368 g/mol. The first-order valence-corrected chi connectivity index (χ1v) is 9.98. The maximum Gasteiger partial charge on any atom is 0.242 e. The number of ether oxygens (including phenoxy) is 1. The molecule has 0 saturated carbocycles. The molecular formula is C21H28N4O2. The van der Waals surface area contributed by atoms with E-state index in [1.165, 1.54) is 12.8 Å². The Morgan fingerprint density at radius 3 is 2.74 bits per heavy atom. The fourth-order valence-corrected chi connectivity index (χ4v) is 4.02. The van der Waals surface area contributed by atoms with E-state index in [2.05, 4.69) is 9.88 Å². The van der Waals surface area contributed by atoms with Crippen molar-refractivity contribution in [1.82, 2.24) is 19.4 Å². The summed E-state index contributed by atoms with van der Waals surface area (Å²) in [7, 11) is 0. The lowest BCUT2D eigenvalue weighted by Gasteiger charge is -2.27. The number of benzene rings is 1. The number of hydrogen-bond acceptors (Lipinski definition) is 4. The van der Waals surface area contributed by atoms with Gasteiger partial charge in [-0.25, -0.2) is 4.98 Å². The minimum atomic E-state index is 0.117. The van der Waals surface area contributed by atoms with E-state index in [0.29, 0.717) is 13.1 Å². The lowest BCUT2D eigenvalue weighted by Crippen LogP contribution is -2.42. The first-order valence-electron chi connectivity index (χ1n) is 9.98. The minimum absolute atomic E-state index is 0.117. The maximum absolute atomic E-state index is 13.0. The highest BCUT2D eigenvalue weighted by atomic mass is 16.5. The summed E-state index contributed by atoms with van der Waals surface area (Å²) in [6, 6.07) is 10.0. The number of carbonyl (C=O) groups excluding carboxylic acids is 1. The van der Waals surface area contributed by atoms with Crippen LogP contribution in [0, 0.1) is 0 Å². The van der Waals surface area contributed by atoms with Crippen molar-refractivity contribution in [2.75, 3.05) is 39.3 Å². The first kappa shape index (κ1) is 18.2. The van der Waals surface area contributed by atoms with Crippen LogP contribution in [-0.4, -0.2) is 70.7 Å². The molecule has 4 rings (SSSR count). The van der Waals surface area contributed by atoms with E-state index in [0.717, 1.165) is 50.6 Å². The summed E-state index contributed by atoms with van der Waals surface area (Å²) < 4.78 is 7.96. The minimum Gasteiger partial charge on any atom is -0.375 e. The third-order valence-corrected chi connectivity index (χ3v) is 5.42. The largest absolute Gasteiger partial charge is 0.375 e. The quantitative estimate of drug-likeness (QED) is 0.812. The molecule has 2 fully saturated rings. The van der Waals surface area contributed by atoms with Gasteiger partial charge in [0, 0.05) is 44.2 Å². The Balaban J connectivity index is 1.41. The molecule has 1 aromatic heterocycles. The summed E-state index contributed by atoms with van der Waals surface area (Å²) in [5.74, 6) is 0.978. The third kappa shape index (κ3) is 4.57. The summed E-state index contributed by atoms with van der Waals surface area (Å²) >= 11 is 0. The SMILES string of the molecule is O=C(Cn1ccnc1-c1ccccc1)N1CCCOC(CN2CCCC2)C1. The second-order valence-corrected chi connectivity index (χ2v) is 7.44. The van der Waals surface area contributed by atoms with Gasteiger partial charge < -0.3 is 19.1 Å². The number of nitrogens with zero attached hydrogens (tertiary/aromatic N) is 4. The molecule has 2 saturated heterocycles. The Hall–Kier alpha value is -2.18. The topological polar surface area (TPSA) is 50.6 Å². The Labute approximate surface area is 160 Å². The third-order valence-electron chi connectivity index (χ3n) is 5.42. The number of amides is 1. The van der Waals surface area contributed by atoms with Crippen molar-refractivity contribution in [3.8, 4) is 11.4 Å². The zero-order valence-corrected chi connectivity index (χ0v) is 15.8. The molecule has 6 heteroatoms. The zero-order chi connectivity index (χ0) is 18.5. The van der Waals surface area contributed by atoms with E-state index in [9.17, 15) is 4.79 Å². The van der Waals surface area contributed by atoms with Crippen LogP contribution < -0.4 is 0 Å². The summed E-state index contributed by atoms with van der Waals surface area (Å²) in [6.07, 6.45) is 7.22. The smallest absolute Gasteiger partial charge is 0.242 e. The van der Waals surface area contributed by atoms with Gasteiger partial charge in [0.05, 0.1) is 6.10 Å². The summed E-state index contributed by atoms with van der Waals surface area (Å²) in [6.45, 7) is 5.76. The van der Waals surface area contributed by atoms with Crippen molar-refractivity contribution in [3.05, 3.63) is 42.7 Å². The van der Waals surface area contributed by atoms with Crippen LogP contribution in [0.4, 0.5) is 0 Å². The molecular weight excluding hydrogens is 340 g/mol. The normalized spacial score (nSPS) is 21.3. The molecule has 1 unspecified atom stereocenters. The summed E-state index contributed by atoms with van der Waals surface area (Å²) in [5.41, 5.74) is 1.03. The van der Waals surface area contributed by atoms with E-state index in [-0.39, 0.29) is 12.0 Å². The molecule has 0 radical (unpaired) electrons. The Morgan fingerprint density at radius 2 is 1.93 bits per heavy atom. The lowest BCUT2D eigenvalue weighted by molar-refractivity contribution is -0.132. The fraction of sp³-hybridized carbons (Fsp3) is 0.524. The molecule has 2 aliphatic rings. The van der Waals surface area contributed by atoms with Crippen LogP contribution in [0.25, 0.3) is 11.4 Å². The zero-order valence-electron chi connectivity index (χ0n) is 15.8. The Kier molecular flexibility index (Phi) is 5.84. The lowest BCUT2D eigenvalue weighted by atomic mass is 10.2. The number of likely N-dealkylation sites (tertiary alicyclic amines) is 1. The van der Waals surface area contributed by atoms with Gasteiger partial charge in [-0.2, -0.15) is 0 Å². The van der Waals surface area contributed by atoms with Crippen LogP contribution in [0.15, 0.2) is 42.7 Å². The molecule has 2 aliphatic heterocycles. The van der Waals surface area contributed by atoms with Crippen LogP contribution in [0.5, 0.6) is 0 Å². The summed E-state index contributed by atoms with van der Waals surface area (Å²) in [5, 5.41) is 0. The molecule has 3 heterocycles. The van der Waals surface area contributed by atoms with Gasteiger partial charge in [0.15, 0.2) is 0 Å². The highest BCUT2D eigenvalue weighted by Crippen LogP contribution is 2.18. The van der Waals surface area contributed by atoms with Gasteiger partial charge in [-0.1, -0.05) is 30.3 Å². The molecule has 1 atom stereocenters. The van der Waals surface area contributed by atoms with E-state index in [1.807, 2.05) is 46.0 Å². The van der Waals surface area contributed by atoms with Gasteiger partial charge in [0.2, 0.25) is 5.91 Å². The first-order chi connectivity index (χ1) is 13.3. The highest BCUT2D eigenvalue weighted by Gasteiger charge is 2.25. The van der Waals surface area contributed by atoms with Crippen molar-refractivity contribution in [3.63, 3.8) is 0 Å². The Bertz CT molecular complexity index is 740. The number of aromatic nitrogens is 2. The molecule has 2 aromatic rings. The predicted octanol–water partition coefficient (Wildman–Crippen LogP) is 2.26. The molecule has 6 nitrogen and oxygen atoms in total. The molecule has 27 heavy (non-hydrogen) atoms. The number of carbonyl (C=O) groups is 1. The van der Waals surface area contributed by atoms with Crippen LogP contribution in [-0.2, 0) is 16.1 Å². The maximum atomic E-state index is 13.0. The average molecular weight is 368 g/mol. The molecule has 0 aliphatic carbocycles. The second-order valence-electron chi connectivity index (χ2n) is 7.44. The van der Waals surface area contributed by atoms with Crippen molar-refractivity contribution in [2.24, 2.45) is 0 Å². The molecule has 1 aromatic carbocycles. The van der Waals surface area contributed by atoms with Gasteiger partial charge in [-0.05, 0) is 32.4 Å².